The molecule has 1 unspecified atom stereocenters. The van der Waals surface area contributed by atoms with Crippen LogP contribution in [0.25, 0.3) is 13.2 Å². The SMILES string of the molecule is C=c1cc[nH]c(=C)nc(C(C)CCC)cc1. The molecule has 0 aliphatic rings. The van der Waals surface area contributed by atoms with Crippen LogP contribution in [0.1, 0.15) is 38.3 Å². The van der Waals surface area contributed by atoms with Crippen LogP contribution in [0.3, 0.4) is 0 Å². The minimum atomic E-state index is 0.450. The maximum atomic E-state index is 4.48. The third-order valence-electron chi connectivity index (χ3n) is 2.51. The summed E-state index contributed by atoms with van der Waals surface area (Å²) in [5.41, 5.74) is 1.73. The number of nitrogens with zero attached hydrogens (tertiary/aromatic N) is 1. The Hall–Kier alpha value is -1.57. The third-order valence-corrected chi connectivity index (χ3v) is 2.51. The van der Waals surface area contributed by atoms with Gasteiger partial charge in [0.15, 0.2) is 0 Å². The van der Waals surface area contributed by atoms with E-state index in [1.54, 1.807) is 0 Å². The van der Waals surface area contributed by atoms with Gasteiger partial charge in [0.25, 0.3) is 0 Å². The first-order valence-corrected chi connectivity index (χ1v) is 5.71. The first-order chi connectivity index (χ1) is 7.63. The normalized spacial score (nSPS) is 11.9. The van der Waals surface area contributed by atoms with Gasteiger partial charge in [-0.05, 0) is 29.7 Å². The van der Waals surface area contributed by atoms with Gasteiger partial charge >= 0.3 is 0 Å². The predicted octanol–water partition coefficient (Wildman–Crippen LogP) is 2.26. The van der Waals surface area contributed by atoms with Gasteiger partial charge in [-0.25, -0.2) is 4.98 Å². The van der Waals surface area contributed by atoms with Crippen LogP contribution < -0.4 is 10.7 Å². The highest BCUT2D eigenvalue weighted by Gasteiger charge is 2.03. The highest BCUT2D eigenvalue weighted by molar-refractivity contribution is 5.10. The summed E-state index contributed by atoms with van der Waals surface area (Å²) in [7, 11) is 0. The van der Waals surface area contributed by atoms with E-state index in [1.165, 1.54) is 0 Å². The second-order valence-electron chi connectivity index (χ2n) is 4.06. The number of nitrogens with one attached hydrogen (secondary N) is 1. The van der Waals surface area contributed by atoms with Crippen molar-refractivity contribution in [3.8, 4) is 0 Å². The Bertz CT molecular complexity index is 472. The summed E-state index contributed by atoms with van der Waals surface area (Å²) in [6.45, 7) is 12.2. The standard InChI is InChI=1S/C14H20N2/c1-5-6-12(3)14-8-7-11(2)9-10-15-13(4)16-14/h7-10,12,15H,2,4-6H2,1,3H3. The van der Waals surface area contributed by atoms with Crippen LogP contribution in [0.2, 0.25) is 0 Å². The molecule has 0 bridgehead atoms. The molecular formula is C14H20N2. The molecule has 1 N–H and O–H groups in total. The highest BCUT2D eigenvalue weighted by Crippen LogP contribution is 2.15. The Morgan fingerprint density at radius 3 is 2.75 bits per heavy atom. The van der Waals surface area contributed by atoms with E-state index in [0.717, 1.165) is 23.8 Å². The van der Waals surface area contributed by atoms with Gasteiger partial charge in [0.2, 0.25) is 0 Å². The van der Waals surface area contributed by atoms with Crippen molar-refractivity contribution in [1.29, 1.82) is 0 Å². The lowest BCUT2D eigenvalue weighted by molar-refractivity contribution is 0.645. The predicted molar refractivity (Wildman–Crippen MR) is 69.8 cm³/mol. The Morgan fingerprint density at radius 1 is 1.31 bits per heavy atom. The first kappa shape index (κ1) is 12.5. The van der Waals surface area contributed by atoms with Crippen molar-refractivity contribution in [2.75, 3.05) is 0 Å². The van der Waals surface area contributed by atoms with Gasteiger partial charge in [-0.15, -0.1) is 0 Å². The van der Waals surface area contributed by atoms with Crippen molar-refractivity contribution in [2.24, 2.45) is 0 Å². The summed E-state index contributed by atoms with van der Waals surface area (Å²) >= 11 is 0. The van der Waals surface area contributed by atoms with E-state index < -0.39 is 0 Å². The van der Waals surface area contributed by atoms with Crippen molar-refractivity contribution < 1.29 is 0 Å². The molecule has 2 heteroatoms. The topological polar surface area (TPSA) is 28.7 Å². The Balaban J connectivity index is 3.29. The van der Waals surface area contributed by atoms with Crippen LogP contribution >= 0.6 is 0 Å². The molecule has 16 heavy (non-hydrogen) atoms. The third kappa shape index (κ3) is 3.89. The molecular weight excluding hydrogens is 196 g/mol. The minimum absolute atomic E-state index is 0.450. The van der Waals surface area contributed by atoms with Crippen LogP contribution in [0.5, 0.6) is 0 Å². The van der Waals surface area contributed by atoms with Crippen LogP contribution in [-0.2, 0) is 0 Å². The zero-order valence-electron chi connectivity index (χ0n) is 10.2. The summed E-state index contributed by atoms with van der Waals surface area (Å²) in [6, 6.07) is 5.93. The number of aromatic nitrogens is 2. The number of aromatic amines is 1. The van der Waals surface area contributed by atoms with Crippen molar-refractivity contribution in [3.63, 3.8) is 0 Å². The van der Waals surface area contributed by atoms with E-state index in [1.807, 2.05) is 24.4 Å². The fourth-order valence-corrected chi connectivity index (χ4v) is 1.57. The van der Waals surface area contributed by atoms with E-state index in [-0.39, 0.29) is 0 Å². The maximum Gasteiger partial charge on any atom is 0.122 e. The molecule has 0 aliphatic carbocycles. The number of hydrogen-bond donors (Lipinski definition) is 1. The van der Waals surface area contributed by atoms with E-state index in [2.05, 4.69) is 37.0 Å². The molecule has 0 spiro atoms. The molecule has 2 nitrogen and oxygen atoms in total. The fraction of sp³-hybridized carbons (Fsp3) is 0.357. The lowest BCUT2D eigenvalue weighted by atomic mass is 10.0. The molecule has 1 rings (SSSR count). The maximum absolute atomic E-state index is 4.48. The summed E-state index contributed by atoms with van der Waals surface area (Å²) in [5.74, 6) is 0.450. The molecule has 1 atom stereocenters. The average molecular weight is 216 g/mol. The summed E-state index contributed by atoms with van der Waals surface area (Å²) < 4.78 is 0. The Kier molecular flexibility index (Phi) is 4.77. The molecule has 1 aromatic heterocycles. The van der Waals surface area contributed by atoms with Gasteiger partial charge < -0.3 is 4.98 Å². The minimum Gasteiger partial charge on any atom is -0.347 e. The number of H-pyrrole nitrogens is 1. The second-order valence-corrected chi connectivity index (χ2v) is 4.06. The van der Waals surface area contributed by atoms with Crippen LogP contribution in [-0.4, -0.2) is 9.97 Å². The molecule has 1 aromatic rings. The molecule has 0 amide bonds. The van der Waals surface area contributed by atoms with Crippen LogP contribution in [0, 0.1) is 0 Å². The van der Waals surface area contributed by atoms with Gasteiger partial charge in [0, 0.05) is 11.9 Å². The summed E-state index contributed by atoms with van der Waals surface area (Å²) in [4.78, 5) is 7.50. The average Bonchev–Trinajstić information content (AvgIpc) is 2.31. The van der Waals surface area contributed by atoms with Crippen molar-refractivity contribution in [3.05, 3.63) is 40.8 Å². The number of hydrogen-bond acceptors (Lipinski definition) is 1. The largest absolute Gasteiger partial charge is 0.347 e. The molecule has 1 heterocycles. The second kappa shape index (κ2) is 6.11. The molecule has 0 aromatic carbocycles. The lowest BCUT2D eigenvalue weighted by Crippen LogP contribution is -2.09. The molecule has 0 saturated heterocycles. The zero-order chi connectivity index (χ0) is 12.0. The fourth-order valence-electron chi connectivity index (χ4n) is 1.57. The monoisotopic (exact) mass is 216 g/mol. The van der Waals surface area contributed by atoms with E-state index >= 15 is 0 Å². The van der Waals surface area contributed by atoms with Gasteiger partial charge in [-0.1, -0.05) is 39.5 Å². The lowest BCUT2D eigenvalue weighted by Gasteiger charge is -2.06. The number of rotatable bonds is 3. The molecule has 0 saturated carbocycles. The van der Waals surface area contributed by atoms with E-state index in [4.69, 9.17) is 0 Å². The zero-order valence-corrected chi connectivity index (χ0v) is 10.2. The van der Waals surface area contributed by atoms with Crippen LogP contribution in [0.15, 0.2) is 24.4 Å². The molecule has 0 radical (unpaired) electrons. The highest BCUT2D eigenvalue weighted by atomic mass is 14.8. The Labute approximate surface area is 97.1 Å². The summed E-state index contributed by atoms with van der Waals surface area (Å²) in [5, 5.41) is 0.957. The molecule has 86 valence electrons. The van der Waals surface area contributed by atoms with Crippen molar-refractivity contribution in [1.82, 2.24) is 9.97 Å². The van der Waals surface area contributed by atoms with Gasteiger partial charge in [-0.2, -0.15) is 0 Å². The summed E-state index contributed by atoms with van der Waals surface area (Å²) in [6.07, 6.45) is 4.11. The van der Waals surface area contributed by atoms with Crippen LogP contribution in [0.4, 0.5) is 0 Å². The molecule has 0 aliphatic heterocycles. The first-order valence-electron chi connectivity index (χ1n) is 5.71. The smallest absolute Gasteiger partial charge is 0.122 e. The van der Waals surface area contributed by atoms with E-state index in [9.17, 15) is 0 Å². The van der Waals surface area contributed by atoms with Gasteiger partial charge in [0.05, 0.1) is 0 Å². The Morgan fingerprint density at radius 2 is 2.06 bits per heavy atom. The van der Waals surface area contributed by atoms with Gasteiger partial charge in [-0.3, -0.25) is 0 Å². The van der Waals surface area contributed by atoms with E-state index in [0.29, 0.717) is 11.4 Å². The quantitative estimate of drug-likeness (QED) is 0.825. The van der Waals surface area contributed by atoms with Crippen molar-refractivity contribution >= 4 is 13.2 Å². The molecule has 0 fully saturated rings. The van der Waals surface area contributed by atoms with Crippen molar-refractivity contribution in [2.45, 2.75) is 32.6 Å². The van der Waals surface area contributed by atoms with Gasteiger partial charge in [0.1, 0.15) is 5.48 Å².